The van der Waals surface area contributed by atoms with Gasteiger partial charge in [-0.1, -0.05) is 54.1 Å². The van der Waals surface area contributed by atoms with Crippen LogP contribution in [-0.2, 0) is 10.0 Å². The van der Waals surface area contributed by atoms with Crippen LogP contribution in [0.1, 0.15) is 5.56 Å². The Morgan fingerprint density at radius 1 is 0.568 bits per heavy atom. The number of carbonyl (C=O) groups excluding carboxylic acids is 2. The van der Waals surface area contributed by atoms with Crippen LogP contribution < -0.4 is 26.0 Å². The molecule has 0 radical (unpaired) electrons. The lowest BCUT2D eigenvalue weighted by molar-refractivity contribution is 0.261. The van der Waals surface area contributed by atoms with Crippen LogP contribution >= 0.6 is 0 Å². The van der Waals surface area contributed by atoms with Crippen LogP contribution in [0.3, 0.4) is 0 Å². The van der Waals surface area contributed by atoms with E-state index in [1.807, 2.05) is 19.1 Å². The third-order valence-corrected chi connectivity index (χ3v) is 6.55. The monoisotopic (exact) mass is 515 g/mol. The van der Waals surface area contributed by atoms with E-state index in [2.05, 4.69) is 26.0 Å². The lowest BCUT2D eigenvalue weighted by Crippen LogP contribution is -2.22. The van der Waals surface area contributed by atoms with Gasteiger partial charge in [0.05, 0.1) is 16.3 Å². The molecule has 9 nitrogen and oxygen atoms in total. The Hall–Kier alpha value is -4.83. The highest BCUT2D eigenvalue weighted by atomic mass is 32.2. The molecule has 4 aromatic carbocycles. The Morgan fingerprint density at radius 2 is 1.08 bits per heavy atom. The van der Waals surface area contributed by atoms with Gasteiger partial charge in [0, 0.05) is 17.1 Å². The van der Waals surface area contributed by atoms with E-state index in [4.69, 9.17) is 0 Å². The number of urea groups is 2. The maximum absolute atomic E-state index is 13.0. The van der Waals surface area contributed by atoms with E-state index in [0.717, 1.165) is 5.56 Å². The summed E-state index contributed by atoms with van der Waals surface area (Å²) < 4.78 is 28.5. The van der Waals surface area contributed by atoms with Crippen LogP contribution in [-0.4, -0.2) is 20.5 Å². The van der Waals surface area contributed by atoms with Crippen LogP contribution in [0.4, 0.5) is 38.0 Å². The second-order valence-corrected chi connectivity index (χ2v) is 9.75. The molecule has 188 valence electrons. The van der Waals surface area contributed by atoms with Crippen molar-refractivity contribution < 1.29 is 18.0 Å². The average Bonchev–Trinajstić information content (AvgIpc) is 2.87. The maximum atomic E-state index is 13.0. The second-order valence-electron chi connectivity index (χ2n) is 8.07. The van der Waals surface area contributed by atoms with Crippen LogP contribution in [0.2, 0.25) is 0 Å². The van der Waals surface area contributed by atoms with Crippen molar-refractivity contribution in [2.75, 3.05) is 26.0 Å². The Bertz CT molecular complexity index is 1490. The molecule has 0 aliphatic carbocycles. The van der Waals surface area contributed by atoms with E-state index in [1.165, 1.54) is 30.3 Å². The maximum Gasteiger partial charge on any atom is 0.323 e. The summed E-state index contributed by atoms with van der Waals surface area (Å²) >= 11 is 0. The fourth-order valence-corrected chi connectivity index (χ4v) is 4.44. The summed E-state index contributed by atoms with van der Waals surface area (Å²) in [4.78, 5) is 25.2. The Morgan fingerprint density at radius 3 is 1.65 bits per heavy atom. The number of nitrogens with one attached hydrogen (secondary N) is 5. The van der Waals surface area contributed by atoms with E-state index in [-0.39, 0.29) is 16.3 Å². The van der Waals surface area contributed by atoms with Gasteiger partial charge in [-0.25, -0.2) is 18.0 Å². The van der Waals surface area contributed by atoms with Crippen LogP contribution in [0.25, 0.3) is 0 Å². The molecule has 0 unspecified atom stereocenters. The predicted molar refractivity (Wildman–Crippen MR) is 147 cm³/mol. The molecular formula is C27H25N5O4S. The lowest BCUT2D eigenvalue weighted by atomic mass is 10.2. The number of sulfonamides is 1. The molecule has 0 atom stereocenters. The summed E-state index contributed by atoms with van der Waals surface area (Å²) in [6.07, 6.45) is 0. The zero-order valence-electron chi connectivity index (χ0n) is 19.9. The summed E-state index contributed by atoms with van der Waals surface area (Å²) in [6.45, 7) is 1.86. The zero-order valence-corrected chi connectivity index (χ0v) is 20.7. The van der Waals surface area contributed by atoms with Crippen molar-refractivity contribution >= 4 is 50.5 Å². The molecule has 37 heavy (non-hydrogen) atoms. The van der Waals surface area contributed by atoms with Gasteiger partial charge in [0.1, 0.15) is 0 Å². The molecule has 10 heteroatoms. The van der Waals surface area contributed by atoms with Crippen LogP contribution in [0.15, 0.2) is 108 Å². The molecule has 5 N–H and O–H groups in total. The highest BCUT2D eigenvalue weighted by Crippen LogP contribution is 2.29. The van der Waals surface area contributed by atoms with E-state index >= 15 is 0 Å². The summed E-state index contributed by atoms with van der Waals surface area (Å²) in [5.41, 5.74) is 2.67. The summed E-state index contributed by atoms with van der Waals surface area (Å²) in [7, 11) is -3.95. The second kappa shape index (κ2) is 11.3. The number of para-hydroxylation sites is 2. The Balaban J connectivity index is 1.58. The fraction of sp³-hybridized carbons (Fsp3) is 0.0370. The predicted octanol–water partition coefficient (Wildman–Crippen LogP) is 6.08. The van der Waals surface area contributed by atoms with Crippen LogP contribution in [0.5, 0.6) is 0 Å². The molecule has 0 aromatic heterocycles. The highest BCUT2D eigenvalue weighted by Gasteiger charge is 2.18. The normalized spacial score (nSPS) is 10.7. The van der Waals surface area contributed by atoms with Crippen molar-refractivity contribution in [2.24, 2.45) is 0 Å². The highest BCUT2D eigenvalue weighted by molar-refractivity contribution is 7.92. The third kappa shape index (κ3) is 7.09. The third-order valence-electron chi connectivity index (χ3n) is 5.16. The number of amides is 4. The van der Waals surface area contributed by atoms with Crippen LogP contribution in [0, 0.1) is 6.92 Å². The Kier molecular flexibility index (Phi) is 7.70. The minimum absolute atomic E-state index is 0.0715. The minimum Gasteiger partial charge on any atom is -0.308 e. The van der Waals surface area contributed by atoms with Crippen molar-refractivity contribution in [2.45, 2.75) is 11.8 Å². The number of aryl methyl sites for hydroxylation is 1. The van der Waals surface area contributed by atoms with Gasteiger partial charge in [-0.3, -0.25) is 4.72 Å². The number of carbonyl (C=O) groups is 2. The molecular weight excluding hydrogens is 490 g/mol. The van der Waals surface area contributed by atoms with Crippen molar-refractivity contribution in [3.8, 4) is 0 Å². The van der Waals surface area contributed by atoms with Crippen molar-refractivity contribution in [3.63, 3.8) is 0 Å². The standard InChI is InChI=1S/C27H25N5O4S/c1-19-12-15-23(16-13-19)37(35,36)32-24-17-14-22(30-26(33)28-20-8-4-2-5-9-20)18-25(24)31-27(34)29-21-10-6-3-7-11-21/h2-18,32H,1H3,(H2,28,30,33)(H2,29,31,34). The number of hydrogen-bond acceptors (Lipinski definition) is 4. The first-order valence-corrected chi connectivity index (χ1v) is 12.8. The number of hydrogen-bond donors (Lipinski definition) is 5. The summed E-state index contributed by atoms with van der Waals surface area (Å²) in [6, 6.07) is 27.4. The lowest BCUT2D eigenvalue weighted by Gasteiger charge is -2.16. The van der Waals surface area contributed by atoms with Gasteiger partial charge in [0.2, 0.25) is 0 Å². The smallest absolute Gasteiger partial charge is 0.308 e. The largest absolute Gasteiger partial charge is 0.323 e. The van der Waals surface area contributed by atoms with Gasteiger partial charge in [-0.05, 0) is 61.5 Å². The number of anilines is 5. The zero-order chi connectivity index (χ0) is 26.3. The molecule has 0 aliphatic rings. The molecule has 0 fully saturated rings. The molecule has 4 rings (SSSR count). The van der Waals surface area contributed by atoms with Gasteiger partial charge in [-0.2, -0.15) is 0 Å². The van der Waals surface area contributed by atoms with Gasteiger partial charge in [0.25, 0.3) is 10.0 Å². The van der Waals surface area contributed by atoms with E-state index in [9.17, 15) is 18.0 Å². The van der Waals surface area contributed by atoms with Gasteiger partial charge >= 0.3 is 12.1 Å². The average molecular weight is 516 g/mol. The topological polar surface area (TPSA) is 128 Å². The van der Waals surface area contributed by atoms with Gasteiger partial charge in [-0.15, -0.1) is 0 Å². The number of rotatable bonds is 7. The summed E-state index contributed by atoms with van der Waals surface area (Å²) in [5.74, 6) is 0. The van der Waals surface area contributed by atoms with Crippen molar-refractivity contribution in [1.29, 1.82) is 0 Å². The van der Waals surface area contributed by atoms with Crippen molar-refractivity contribution in [1.82, 2.24) is 0 Å². The minimum atomic E-state index is -3.95. The van der Waals surface area contributed by atoms with Crippen molar-refractivity contribution in [3.05, 3.63) is 109 Å². The quantitative estimate of drug-likeness (QED) is 0.204. The fourth-order valence-electron chi connectivity index (χ4n) is 3.36. The molecule has 0 saturated carbocycles. The SMILES string of the molecule is Cc1ccc(S(=O)(=O)Nc2ccc(NC(=O)Nc3ccccc3)cc2NC(=O)Nc2ccccc2)cc1. The summed E-state index contributed by atoms with van der Waals surface area (Å²) in [5, 5.41) is 10.7. The molecule has 0 spiro atoms. The first-order chi connectivity index (χ1) is 17.8. The first kappa shape index (κ1) is 25.3. The molecule has 0 bridgehead atoms. The van der Waals surface area contributed by atoms with E-state index in [0.29, 0.717) is 17.1 Å². The first-order valence-electron chi connectivity index (χ1n) is 11.3. The van der Waals surface area contributed by atoms with E-state index < -0.39 is 22.1 Å². The number of benzene rings is 4. The van der Waals surface area contributed by atoms with Gasteiger partial charge in [0.15, 0.2) is 0 Å². The molecule has 0 aliphatic heterocycles. The molecule has 0 saturated heterocycles. The molecule has 0 heterocycles. The van der Waals surface area contributed by atoms with E-state index in [1.54, 1.807) is 60.7 Å². The molecule has 4 aromatic rings. The molecule has 4 amide bonds. The Labute approximate surface area is 215 Å². The van der Waals surface area contributed by atoms with Gasteiger partial charge < -0.3 is 21.3 Å².